The summed E-state index contributed by atoms with van der Waals surface area (Å²) in [5.41, 5.74) is 1.87. The van der Waals surface area contributed by atoms with Crippen LogP contribution in [0.15, 0.2) is 95.5 Å². The Morgan fingerprint density at radius 3 is 2.19 bits per heavy atom. The Morgan fingerprint density at radius 2 is 1.45 bits per heavy atom. The van der Waals surface area contributed by atoms with Crippen molar-refractivity contribution < 1.29 is 38.1 Å². The summed E-state index contributed by atoms with van der Waals surface area (Å²) in [6, 6.07) is 24.1. The summed E-state index contributed by atoms with van der Waals surface area (Å²) in [6.07, 6.45) is 1.50. The Bertz CT molecular complexity index is 1800. The van der Waals surface area contributed by atoms with Gasteiger partial charge in [-0.3, -0.25) is 14.4 Å². The second-order valence-electron chi connectivity index (χ2n) is 10.0. The first-order valence-electron chi connectivity index (χ1n) is 14.5. The van der Waals surface area contributed by atoms with Gasteiger partial charge in [0.15, 0.2) is 23.0 Å². The first kappa shape index (κ1) is 32.8. The van der Waals surface area contributed by atoms with Crippen LogP contribution in [0.4, 0.5) is 11.4 Å². The highest BCUT2D eigenvalue weighted by Gasteiger charge is 2.19. The summed E-state index contributed by atoms with van der Waals surface area (Å²) >= 11 is 1.30. The number of fused-ring (bicyclic) bond motifs is 1. The van der Waals surface area contributed by atoms with E-state index < -0.39 is 11.8 Å². The molecular formula is C35H33N3O8S. The lowest BCUT2D eigenvalue weighted by Crippen LogP contribution is -2.30. The average Bonchev–Trinajstić information content (AvgIpc) is 3.10. The topological polar surface area (TPSA) is 133 Å². The van der Waals surface area contributed by atoms with Gasteiger partial charge in [-0.1, -0.05) is 24.3 Å². The van der Waals surface area contributed by atoms with Crippen LogP contribution in [0.25, 0.3) is 6.08 Å². The van der Waals surface area contributed by atoms with Crippen LogP contribution in [0.3, 0.4) is 0 Å². The predicted molar refractivity (Wildman–Crippen MR) is 180 cm³/mol. The number of nitrogens with one attached hydrogen (secondary N) is 3. The van der Waals surface area contributed by atoms with E-state index in [1.54, 1.807) is 78.9 Å². The van der Waals surface area contributed by atoms with Crippen LogP contribution in [0, 0.1) is 0 Å². The number of benzene rings is 4. The lowest BCUT2D eigenvalue weighted by atomic mass is 10.1. The molecule has 0 unspecified atom stereocenters. The molecule has 3 N–H and O–H groups in total. The molecule has 5 rings (SSSR count). The third-order valence-electron chi connectivity index (χ3n) is 6.85. The lowest BCUT2D eigenvalue weighted by molar-refractivity contribution is -0.114. The van der Waals surface area contributed by atoms with Crippen LogP contribution in [-0.2, 0) is 9.59 Å². The van der Waals surface area contributed by atoms with Crippen LogP contribution in [0.1, 0.15) is 15.9 Å². The number of anilines is 2. The van der Waals surface area contributed by atoms with Crippen molar-refractivity contribution in [2.24, 2.45) is 0 Å². The first-order chi connectivity index (χ1) is 22.9. The highest BCUT2D eigenvalue weighted by molar-refractivity contribution is 8.00. The molecule has 242 valence electrons. The van der Waals surface area contributed by atoms with Crippen molar-refractivity contribution in [1.29, 1.82) is 0 Å². The fourth-order valence-corrected chi connectivity index (χ4v) is 5.35. The Hall–Kier alpha value is -5.62. The summed E-state index contributed by atoms with van der Waals surface area (Å²) in [5.74, 6) is 1.35. The third-order valence-corrected chi connectivity index (χ3v) is 7.85. The maximum atomic E-state index is 13.7. The van der Waals surface area contributed by atoms with Gasteiger partial charge in [-0.25, -0.2) is 0 Å². The van der Waals surface area contributed by atoms with Crippen molar-refractivity contribution in [3.05, 3.63) is 102 Å². The normalized spacial score (nSPS) is 12.0. The van der Waals surface area contributed by atoms with E-state index >= 15 is 0 Å². The zero-order valence-corrected chi connectivity index (χ0v) is 26.8. The van der Waals surface area contributed by atoms with Gasteiger partial charge in [0.2, 0.25) is 5.91 Å². The maximum absolute atomic E-state index is 13.7. The minimum atomic E-state index is -0.579. The van der Waals surface area contributed by atoms with Crippen LogP contribution in [0.5, 0.6) is 28.7 Å². The first-order valence-corrected chi connectivity index (χ1v) is 15.5. The number of methoxy groups -OCH3 is 3. The number of rotatable bonds is 12. The second-order valence-corrected chi connectivity index (χ2v) is 11.1. The maximum Gasteiger partial charge on any atom is 0.272 e. The van der Waals surface area contributed by atoms with Crippen molar-refractivity contribution >= 4 is 46.9 Å². The second kappa shape index (κ2) is 15.6. The molecule has 0 atom stereocenters. The quantitative estimate of drug-likeness (QED) is 0.131. The Kier molecular flexibility index (Phi) is 10.9. The largest absolute Gasteiger partial charge is 0.496 e. The molecule has 0 aliphatic carbocycles. The van der Waals surface area contributed by atoms with Crippen molar-refractivity contribution in [2.75, 3.05) is 50.9 Å². The fourth-order valence-electron chi connectivity index (χ4n) is 4.59. The van der Waals surface area contributed by atoms with Crippen molar-refractivity contribution in [2.45, 2.75) is 4.90 Å². The van der Waals surface area contributed by atoms with E-state index in [4.69, 9.17) is 23.7 Å². The van der Waals surface area contributed by atoms with Crippen LogP contribution < -0.4 is 39.6 Å². The van der Waals surface area contributed by atoms with Gasteiger partial charge in [0.05, 0.1) is 27.1 Å². The van der Waals surface area contributed by atoms with Gasteiger partial charge in [-0.15, -0.1) is 11.8 Å². The molecule has 0 bridgehead atoms. The number of hydrogen-bond donors (Lipinski definition) is 3. The number of hydrogen-bond acceptors (Lipinski definition) is 9. The van der Waals surface area contributed by atoms with Gasteiger partial charge in [-0.2, -0.15) is 0 Å². The monoisotopic (exact) mass is 655 g/mol. The number of amides is 3. The Balaban J connectivity index is 1.31. The number of thioether (sulfide) groups is 1. The smallest absolute Gasteiger partial charge is 0.272 e. The van der Waals surface area contributed by atoms with Crippen molar-refractivity contribution in [3.8, 4) is 28.7 Å². The standard InChI is InChI=1S/C35H33N3O8S/c1-42-29-20-31(44-3)30(43-2)17-23(29)16-27(38-34(40)22-8-5-4-6-9-22)35(41)37-24-10-7-11-26(18-24)47-21-33(39)36-25-12-13-28-32(19-25)46-15-14-45-28/h4-13,16-20H,14-15,21H2,1-3H3,(H,36,39)(H,37,41)(H,38,40)/b27-16+. The molecule has 0 fully saturated rings. The van der Waals surface area contributed by atoms with E-state index in [1.807, 2.05) is 6.07 Å². The minimum Gasteiger partial charge on any atom is -0.496 e. The van der Waals surface area contributed by atoms with Gasteiger partial charge in [0.1, 0.15) is 24.7 Å². The van der Waals surface area contributed by atoms with Gasteiger partial charge in [0.25, 0.3) is 11.8 Å². The molecule has 3 amide bonds. The van der Waals surface area contributed by atoms with E-state index in [9.17, 15) is 14.4 Å². The molecule has 11 nitrogen and oxygen atoms in total. The summed E-state index contributed by atoms with van der Waals surface area (Å²) in [6.45, 7) is 0.940. The highest BCUT2D eigenvalue weighted by Crippen LogP contribution is 2.36. The lowest BCUT2D eigenvalue weighted by Gasteiger charge is -2.19. The number of carbonyl (C=O) groups is 3. The molecule has 12 heteroatoms. The third kappa shape index (κ3) is 8.56. The van der Waals surface area contributed by atoms with Crippen molar-refractivity contribution in [3.63, 3.8) is 0 Å². The average molecular weight is 656 g/mol. The molecule has 1 aliphatic heterocycles. The summed E-state index contributed by atoms with van der Waals surface area (Å²) in [5, 5.41) is 8.43. The molecule has 1 aliphatic rings. The van der Waals surface area contributed by atoms with Crippen LogP contribution >= 0.6 is 11.8 Å². The molecular weight excluding hydrogens is 622 g/mol. The van der Waals surface area contributed by atoms with Gasteiger partial charge >= 0.3 is 0 Å². The molecule has 4 aromatic rings. The molecule has 0 saturated carbocycles. The minimum absolute atomic E-state index is 0.0405. The van der Waals surface area contributed by atoms with E-state index in [-0.39, 0.29) is 17.4 Å². The molecule has 0 saturated heterocycles. The summed E-state index contributed by atoms with van der Waals surface area (Å²) in [4.78, 5) is 40.2. The summed E-state index contributed by atoms with van der Waals surface area (Å²) < 4.78 is 27.4. The molecule has 47 heavy (non-hydrogen) atoms. The SMILES string of the molecule is COc1cc(OC)c(OC)cc1/C=C(/NC(=O)c1ccccc1)C(=O)Nc1cccc(SCC(=O)Nc2ccc3c(c2)OCCO3)c1. The number of carbonyl (C=O) groups excluding carboxylic acids is 3. The molecule has 0 spiro atoms. The van der Waals surface area contributed by atoms with Crippen LogP contribution in [0.2, 0.25) is 0 Å². The van der Waals surface area contributed by atoms with E-state index in [1.165, 1.54) is 39.2 Å². The van der Waals surface area contributed by atoms with E-state index in [0.29, 0.717) is 64.5 Å². The fraction of sp³-hybridized carbons (Fsp3) is 0.171. The number of ether oxygens (including phenoxy) is 5. The summed E-state index contributed by atoms with van der Waals surface area (Å²) in [7, 11) is 4.49. The van der Waals surface area contributed by atoms with Gasteiger partial charge in [0, 0.05) is 39.5 Å². The van der Waals surface area contributed by atoms with Gasteiger partial charge < -0.3 is 39.6 Å². The molecule has 0 aromatic heterocycles. The van der Waals surface area contributed by atoms with E-state index in [2.05, 4.69) is 16.0 Å². The molecule has 4 aromatic carbocycles. The predicted octanol–water partition coefficient (Wildman–Crippen LogP) is 5.62. The van der Waals surface area contributed by atoms with Crippen molar-refractivity contribution in [1.82, 2.24) is 5.32 Å². The zero-order valence-electron chi connectivity index (χ0n) is 26.0. The Labute approximate surface area is 276 Å². The van der Waals surface area contributed by atoms with Crippen LogP contribution in [-0.4, -0.2) is 58.0 Å². The van der Waals surface area contributed by atoms with Gasteiger partial charge in [-0.05, 0) is 54.6 Å². The highest BCUT2D eigenvalue weighted by atomic mass is 32.2. The Morgan fingerprint density at radius 1 is 0.745 bits per heavy atom. The van der Waals surface area contributed by atoms with E-state index in [0.717, 1.165) is 4.90 Å². The molecule has 1 heterocycles. The zero-order chi connectivity index (χ0) is 33.2. The molecule has 0 radical (unpaired) electrons.